The molecule has 0 unspecified atom stereocenters. The summed E-state index contributed by atoms with van der Waals surface area (Å²) < 4.78 is 27.0. The summed E-state index contributed by atoms with van der Waals surface area (Å²) in [5, 5.41) is 2.77. The molecular weight excluding hydrogens is 412 g/mol. The molecule has 134 valence electrons. The van der Waals surface area contributed by atoms with E-state index < -0.39 is 15.4 Å². The predicted molar refractivity (Wildman–Crippen MR) is 103 cm³/mol. The van der Waals surface area contributed by atoms with Crippen molar-refractivity contribution in [1.82, 2.24) is 9.62 Å². The molecule has 1 saturated heterocycles. The summed E-state index contributed by atoms with van der Waals surface area (Å²) in [6.45, 7) is 4.91. The van der Waals surface area contributed by atoms with Crippen LogP contribution in [-0.4, -0.2) is 55.5 Å². The average molecular weight is 435 g/mol. The molecule has 1 fully saturated rings. The first kappa shape index (κ1) is 19.8. The highest BCUT2D eigenvalue weighted by atomic mass is 79.9. The second-order valence-electron chi connectivity index (χ2n) is 6.22. The minimum atomic E-state index is -3.30. The second-order valence-corrected chi connectivity index (χ2v) is 10.4. The number of benzene rings is 1. The van der Waals surface area contributed by atoms with Crippen LogP contribution in [0.2, 0.25) is 0 Å². The number of carbonyl (C=O) groups is 1. The van der Waals surface area contributed by atoms with E-state index in [0.29, 0.717) is 13.1 Å². The van der Waals surface area contributed by atoms with Gasteiger partial charge in [-0.2, -0.15) is 11.8 Å². The number of halogens is 1. The molecule has 24 heavy (non-hydrogen) atoms. The molecule has 2 rings (SSSR count). The third-order valence-electron chi connectivity index (χ3n) is 4.12. The summed E-state index contributed by atoms with van der Waals surface area (Å²) >= 11 is 5.17. The van der Waals surface area contributed by atoms with Crippen molar-refractivity contribution >= 4 is 43.6 Å². The van der Waals surface area contributed by atoms with Crippen molar-refractivity contribution in [3.8, 4) is 0 Å². The normalized spacial score (nSPS) is 16.8. The summed E-state index contributed by atoms with van der Waals surface area (Å²) in [6.07, 6.45) is 0. The van der Waals surface area contributed by atoms with Gasteiger partial charge in [-0.3, -0.25) is 4.79 Å². The zero-order chi connectivity index (χ0) is 17.8. The van der Waals surface area contributed by atoms with Gasteiger partial charge in [0.25, 0.3) is 0 Å². The van der Waals surface area contributed by atoms with Gasteiger partial charge < -0.3 is 5.32 Å². The van der Waals surface area contributed by atoms with Crippen LogP contribution in [0.5, 0.6) is 0 Å². The summed E-state index contributed by atoms with van der Waals surface area (Å²) in [6, 6.07) is 7.59. The number of nitrogens with zero attached hydrogens (tertiary/aromatic N) is 1. The number of thioether (sulfide) groups is 1. The van der Waals surface area contributed by atoms with Crippen LogP contribution >= 0.6 is 27.7 Å². The van der Waals surface area contributed by atoms with Crippen LogP contribution in [0.4, 0.5) is 0 Å². The van der Waals surface area contributed by atoms with Crippen molar-refractivity contribution in [3.05, 3.63) is 34.3 Å². The van der Waals surface area contributed by atoms with Crippen molar-refractivity contribution in [2.45, 2.75) is 19.3 Å². The number of hydrogen-bond acceptors (Lipinski definition) is 4. The highest BCUT2D eigenvalue weighted by Gasteiger charge is 2.30. The Bertz CT molecular complexity index is 686. The Kier molecular flexibility index (Phi) is 6.75. The van der Waals surface area contributed by atoms with E-state index in [1.165, 1.54) is 4.31 Å². The van der Waals surface area contributed by atoms with Gasteiger partial charge in [-0.05, 0) is 31.5 Å². The highest BCUT2D eigenvalue weighted by Crippen LogP contribution is 2.26. The Morgan fingerprint density at radius 2 is 2.00 bits per heavy atom. The van der Waals surface area contributed by atoms with Gasteiger partial charge in [-0.25, -0.2) is 12.7 Å². The Labute approximate surface area is 156 Å². The van der Waals surface area contributed by atoms with Crippen LogP contribution in [0, 0.1) is 0 Å². The average Bonchev–Trinajstić information content (AvgIpc) is 2.55. The quantitative estimate of drug-likeness (QED) is 0.744. The molecule has 0 aromatic heterocycles. The summed E-state index contributed by atoms with van der Waals surface area (Å²) in [5.74, 6) is 1.44. The minimum absolute atomic E-state index is 0.0576. The standard InChI is InChI=1S/C16H23BrN2O3S2/c1-16(2,13-4-3-5-14(17)12-13)15(20)18-6-11-24(21,22)19-7-9-23-10-8-19/h3-5,12H,6-11H2,1-2H3,(H,18,20). The molecule has 1 amide bonds. The van der Waals surface area contributed by atoms with Crippen molar-refractivity contribution in [2.24, 2.45) is 0 Å². The van der Waals surface area contributed by atoms with Crippen molar-refractivity contribution in [3.63, 3.8) is 0 Å². The van der Waals surface area contributed by atoms with Crippen molar-refractivity contribution in [1.29, 1.82) is 0 Å². The lowest BCUT2D eigenvalue weighted by Gasteiger charge is -2.27. The predicted octanol–water partition coefficient (Wildman–Crippen LogP) is 2.22. The fourth-order valence-electron chi connectivity index (χ4n) is 2.48. The molecule has 0 saturated carbocycles. The largest absolute Gasteiger partial charge is 0.354 e. The molecule has 1 heterocycles. The molecule has 1 aromatic carbocycles. The van der Waals surface area contributed by atoms with Crippen LogP contribution in [0.1, 0.15) is 19.4 Å². The molecule has 0 spiro atoms. The van der Waals surface area contributed by atoms with Crippen LogP contribution in [0.25, 0.3) is 0 Å². The second kappa shape index (κ2) is 8.21. The van der Waals surface area contributed by atoms with E-state index in [9.17, 15) is 13.2 Å². The third kappa shape index (κ3) is 4.97. The van der Waals surface area contributed by atoms with E-state index in [-0.39, 0.29) is 18.2 Å². The minimum Gasteiger partial charge on any atom is -0.354 e. The lowest BCUT2D eigenvalue weighted by Crippen LogP contribution is -2.45. The van der Waals surface area contributed by atoms with Gasteiger partial charge in [0.2, 0.25) is 15.9 Å². The molecule has 0 radical (unpaired) electrons. The lowest BCUT2D eigenvalue weighted by molar-refractivity contribution is -0.125. The Balaban J connectivity index is 1.92. The SMILES string of the molecule is CC(C)(C(=O)NCCS(=O)(=O)N1CCSCC1)c1cccc(Br)c1. The van der Waals surface area contributed by atoms with E-state index in [4.69, 9.17) is 0 Å². The first-order valence-corrected chi connectivity index (χ1v) is 11.4. The number of hydrogen-bond donors (Lipinski definition) is 1. The molecule has 1 N–H and O–H groups in total. The molecule has 0 bridgehead atoms. The Morgan fingerprint density at radius 3 is 2.62 bits per heavy atom. The molecule has 5 nitrogen and oxygen atoms in total. The van der Waals surface area contributed by atoms with Crippen molar-refractivity contribution < 1.29 is 13.2 Å². The highest BCUT2D eigenvalue weighted by molar-refractivity contribution is 9.10. The van der Waals surface area contributed by atoms with E-state index in [0.717, 1.165) is 21.5 Å². The molecule has 1 aliphatic heterocycles. The van der Waals surface area contributed by atoms with Crippen molar-refractivity contribution in [2.75, 3.05) is 36.9 Å². The van der Waals surface area contributed by atoms with Gasteiger partial charge in [0.05, 0.1) is 11.2 Å². The fourth-order valence-corrected chi connectivity index (χ4v) is 5.37. The van der Waals surface area contributed by atoms with E-state index in [1.807, 2.05) is 38.1 Å². The topological polar surface area (TPSA) is 66.5 Å². The molecular formula is C16H23BrN2O3S2. The van der Waals surface area contributed by atoms with E-state index >= 15 is 0 Å². The maximum Gasteiger partial charge on any atom is 0.230 e. The first-order chi connectivity index (χ1) is 11.2. The summed E-state index contributed by atoms with van der Waals surface area (Å²) in [7, 11) is -3.30. The van der Waals surface area contributed by atoms with E-state index in [2.05, 4.69) is 21.2 Å². The van der Waals surface area contributed by atoms with Crippen LogP contribution < -0.4 is 5.32 Å². The zero-order valence-electron chi connectivity index (χ0n) is 13.9. The van der Waals surface area contributed by atoms with Gasteiger partial charge in [-0.1, -0.05) is 28.1 Å². The number of amides is 1. The third-order valence-corrected chi connectivity index (χ3v) is 7.43. The monoisotopic (exact) mass is 434 g/mol. The molecule has 0 atom stereocenters. The lowest BCUT2D eigenvalue weighted by atomic mass is 9.84. The van der Waals surface area contributed by atoms with Gasteiger partial charge >= 0.3 is 0 Å². The van der Waals surface area contributed by atoms with Crippen LogP contribution in [0.3, 0.4) is 0 Å². The molecule has 1 aliphatic rings. The Hall–Kier alpha value is -0.570. The van der Waals surface area contributed by atoms with Gasteiger partial charge in [0, 0.05) is 35.6 Å². The zero-order valence-corrected chi connectivity index (χ0v) is 17.1. The smallest absolute Gasteiger partial charge is 0.230 e. The number of rotatable bonds is 6. The Morgan fingerprint density at radius 1 is 1.33 bits per heavy atom. The first-order valence-electron chi connectivity index (χ1n) is 7.83. The molecule has 1 aromatic rings. The van der Waals surface area contributed by atoms with Gasteiger partial charge in [-0.15, -0.1) is 0 Å². The maximum absolute atomic E-state index is 12.5. The molecule has 8 heteroatoms. The van der Waals surface area contributed by atoms with Gasteiger partial charge in [0.1, 0.15) is 0 Å². The fraction of sp³-hybridized carbons (Fsp3) is 0.562. The van der Waals surface area contributed by atoms with Crippen LogP contribution in [-0.2, 0) is 20.2 Å². The number of nitrogens with one attached hydrogen (secondary N) is 1. The van der Waals surface area contributed by atoms with Gasteiger partial charge in [0.15, 0.2) is 0 Å². The summed E-state index contributed by atoms with van der Waals surface area (Å²) in [5.41, 5.74) is 0.153. The van der Waals surface area contributed by atoms with E-state index in [1.54, 1.807) is 11.8 Å². The van der Waals surface area contributed by atoms with Crippen LogP contribution in [0.15, 0.2) is 28.7 Å². The maximum atomic E-state index is 12.5. The molecule has 0 aliphatic carbocycles. The number of sulfonamides is 1. The summed E-state index contributed by atoms with van der Waals surface area (Å²) in [4.78, 5) is 12.5. The number of carbonyl (C=O) groups excluding carboxylic acids is 1.